The average molecular weight is 354 g/mol. The van der Waals surface area contributed by atoms with Gasteiger partial charge < -0.3 is 9.47 Å². The zero-order valence-electron chi connectivity index (χ0n) is 12.1. The van der Waals surface area contributed by atoms with Crippen molar-refractivity contribution in [1.82, 2.24) is 4.98 Å². The number of alkyl halides is 3. The molecular formula is C15H9F3N2O3S. The summed E-state index contributed by atoms with van der Waals surface area (Å²) < 4.78 is 48.4. The maximum atomic E-state index is 12.7. The van der Waals surface area contributed by atoms with Crippen molar-refractivity contribution in [3.8, 4) is 17.4 Å². The van der Waals surface area contributed by atoms with E-state index in [1.165, 1.54) is 31.4 Å². The number of amides is 1. The summed E-state index contributed by atoms with van der Waals surface area (Å²) in [5.41, 5.74) is -1.02. The lowest BCUT2D eigenvalue weighted by molar-refractivity contribution is -0.137. The van der Waals surface area contributed by atoms with Crippen LogP contribution in [-0.2, 0) is 6.18 Å². The maximum absolute atomic E-state index is 12.7. The minimum absolute atomic E-state index is 0.0951. The molecule has 0 aliphatic carbocycles. The van der Waals surface area contributed by atoms with E-state index >= 15 is 0 Å². The lowest BCUT2D eigenvalue weighted by atomic mass is 10.2. The molecule has 0 aliphatic heterocycles. The first-order valence-electron chi connectivity index (χ1n) is 6.37. The highest BCUT2D eigenvalue weighted by Gasteiger charge is 2.30. The first-order chi connectivity index (χ1) is 11.3. The Labute approximate surface area is 139 Å². The monoisotopic (exact) mass is 354 g/mol. The highest BCUT2D eigenvalue weighted by molar-refractivity contribution is 7.78. The van der Waals surface area contributed by atoms with Gasteiger partial charge in [0.1, 0.15) is 17.2 Å². The highest BCUT2D eigenvalue weighted by atomic mass is 32.1. The Morgan fingerprint density at radius 1 is 1.25 bits per heavy atom. The SMILES string of the molecule is COc1cc(Oc2cccc(C(F)(F)F)c2)nc(C(=O)N=C=S)c1. The Morgan fingerprint density at radius 3 is 2.62 bits per heavy atom. The molecule has 0 atom stereocenters. The zero-order chi connectivity index (χ0) is 17.7. The van der Waals surface area contributed by atoms with Crippen LogP contribution >= 0.6 is 12.2 Å². The summed E-state index contributed by atoms with van der Waals surface area (Å²) in [5.74, 6) is -0.786. The molecule has 1 heterocycles. The predicted molar refractivity (Wildman–Crippen MR) is 81.7 cm³/mol. The van der Waals surface area contributed by atoms with Gasteiger partial charge in [0.05, 0.1) is 17.8 Å². The first kappa shape index (κ1) is 17.6. The molecule has 2 aromatic rings. The number of thiocarbonyl (C=S) groups is 1. The molecule has 1 amide bonds. The molecule has 9 heteroatoms. The molecule has 0 fully saturated rings. The van der Waals surface area contributed by atoms with Crippen LogP contribution in [0.25, 0.3) is 0 Å². The molecule has 1 aromatic carbocycles. The first-order valence-corrected chi connectivity index (χ1v) is 6.77. The summed E-state index contributed by atoms with van der Waals surface area (Å²) in [6, 6.07) is 6.86. The van der Waals surface area contributed by atoms with Gasteiger partial charge in [-0.25, -0.2) is 4.98 Å². The Bertz CT molecular complexity index is 818. The third-order valence-electron chi connectivity index (χ3n) is 2.76. The van der Waals surface area contributed by atoms with E-state index < -0.39 is 17.6 Å². The van der Waals surface area contributed by atoms with Gasteiger partial charge in [-0.3, -0.25) is 4.79 Å². The van der Waals surface area contributed by atoms with Crippen molar-refractivity contribution in [3.63, 3.8) is 0 Å². The number of halogens is 3. The normalized spacial score (nSPS) is 10.7. The Kier molecular flexibility index (Phi) is 5.28. The third-order valence-corrected chi connectivity index (χ3v) is 2.85. The second kappa shape index (κ2) is 7.20. The predicted octanol–water partition coefficient (Wildman–Crippen LogP) is 4.14. The molecule has 0 bridgehead atoms. The van der Waals surface area contributed by atoms with Crippen molar-refractivity contribution in [2.75, 3.05) is 7.11 Å². The van der Waals surface area contributed by atoms with E-state index in [0.717, 1.165) is 12.1 Å². The van der Waals surface area contributed by atoms with E-state index in [0.29, 0.717) is 0 Å². The van der Waals surface area contributed by atoms with Crippen LogP contribution < -0.4 is 9.47 Å². The second-order valence-electron chi connectivity index (χ2n) is 4.37. The second-order valence-corrected chi connectivity index (χ2v) is 4.55. The smallest absolute Gasteiger partial charge is 0.416 e. The molecule has 0 radical (unpaired) electrons. The van der Waals surface area contributed by atoms with Gasteiger partial charge in [0, 0.05) is 12.1 Å². The summed E-state index contributed by atoms with van der Waals surface area (Å²) in [7, 11) is 1.35. The van der Waals surface area contributed by atoms with Crippen molar-refractivity contribution >= 4 is 23.3 Å². The fourth-order valence-electron chi connectivity index (χ4n) is 1.72. The fraction of sp³-hybridized carbons (Fsp3) is 0.133. The third kappa shape index (κ3) is 4.37. The number of rotatable bonds is 4. The molecule has 0 saturated carbocycles. The number of carbonyl (C=O) groups is 1. The van der Waals surface area contributed by atoms with Gasteiger partial charge in [-0.1, -0.05) is 6.07 Å². The van der Waals surface area contributed by atoms with E-state index in [4.69, 9.17) is 9.47 Å². The van der Waals surface area contributed by atoms with Gasteiger partial charge in [0.2, 0.25) is 5.88 Å². The van der Waals surface area contributed by atoms with Crippen molar-refractivity contribution in [3.05, 3.63) is 47.7 Å². The Morgan fingerprint density at radius 2 is 2.00 bits per heavy atom. The lowest BCUT2D eigenvalue weighted by Crippen LogP contribution is -2.05. The maximum Gasteiger partial charge on any atom is 0.416 e. The van der Waals surface area contributed by atoms with E-state index in [-0.39, 0.29) is 23.1 Å². The van der Waals surface area contributed by atoms with Crippen LogP contribution in [0, 0.1) is 0 Å². The minimum Gasteiger partial charge on any atom is -0.496 e. The van der Waals surface area contributed by atoms with Crippen molar-refractivity contribution in [1.29, 1.82) is 0 Å². The van der Waals surface area contributed by atoms with Crippen LogP contribution in [0.15, 0.2) is 41.4 Å². The van der Waals surface area contributed by atoms with E-state index in [2.05, 4.69) is 22.2 Å². The number of carbonyl (C=O) groups excluding carboxylic acids is 1. The molecular weight excluding hydrogens is 345 g/mol. The van der Waals surface area contributed by atoms with E-state index in [9.17, 15) is 18.0 Å². The largest absolute Gasteiger partial charge is 0.496 e. The summed E-state index contributed by atoms with van der Waals surface area (Å²) in [4.78, 5) is 18.8. The van der Waals surface area contributed by atoms with Crippen molar-refractivity contribution in [2.24, 2.45) is 4.99 Å². The van der Waals surface area contributed by atoms with Gasteiger partial charge in [-0.05, 0) is 30.4 Å². The number of aliphatic imine (C=N–C) groups is 1. The van der Waals surface area contributed by atoms with Gasteiger partial charge >= 0.3 is 12.1 Å². The van der Waals surface area contributed by atoms with Crippen LogP contribution in [0.1, 0.15) is 16.1 Å². The minimum atomic E-state index is -4.50. The molecule has 1 aromatic heterocycles. The van der Waals surface area contributed by atoms with E-state index in [1.54, 1.807) is 0 Å². The van der Waals surface area contributed by atoms with Gasteiger partial charge in [0.15, 0.2) is 0 Å². The van der Waals surface area contributed by atoms with Crippen LogP contribution in [-0.4, -0.2) is 23.2 Å². The number of hydrogen-bond acceptors (Lipinski definition) is 5. The average Bonchev–Trinajstić information content (AvgIpc) is 2.54. The number of nitrogens with zero attached hydrogens (tertiary/aromatic N) is 2. The number of methoxy groups -OCH3 is 1. The Hall–Kier alpha value is -2.77. The van der Waals surface area contributed by atoms with Gasteiger partial charge in [-0.2, -0.15) is 18.2 Å². The molecule has 24 heavy (non-hydrogen) atoms. The zero-order valence-corrected chi connectivity index (χ0v) is 12.9. The molecule has 0 aliphatic rings. The number of benzene rings is 1. The number of ether oxygens (including phenoxy) is 2. The van der Waals surface area contributed by atoms with Crippen LogP contribution in [0.2, 0.25) is 0 Å². The molecule has 2 rings (SSSR count). The summed E-state index contributed by atoms with van der Waals surface area (Å²) >= 11 is 4.34. The molecule has 0 spiro atoms. The standard InChI is InChI=1S/C15H9F3N2O3S/c1-22-11-6-12(14(21)19-8-24)20-13(7-11)23-10-4-2-3-9(5-10)15(16,17)18/h2-7H,1H3. The van der Waals surface area contributed by atoms with Crippen LogP contribution in [0.3, 0.4) is 0 Å². The topological polar surface area (TPSA) is 60.8 Å². The number of isothiocyanates is 1. The summed E-state index contributed by atoms with van der Waals surface area (Å²) in [6.07, 6.45) is -4.50. The Balaban J connectivity index is 2.37. The number of pyridine rings is 1. The molecule has 0 unspecified atom stereocenters. The van der Waals surface area contributed by atoms with Gasteiger partial charge in [-0.15, -0.1) is 0 Å². The van der Waals surface area contributed by atoms with Crippen LogP contribution in [0.4, 0.5) is 13.2 Å². The quantitative estimate of drug-likeness (QED) is 0.610. The number of aromatic nitrogens is 1. The lowest BCUT2D eigenvalue weighted by Gasteiger charge is -2.10. The highest BCUT2D eigenvalue weighted by Crippen LogP contribution is 2.33. The molecule has 124 valence electrons. The molecule has 5 nitrogen and oxygen atoms in total. The number of hydrogen-bond donors (Lipinski definition) is 0. The summed E-state index contributed by atoms with van der Waals surface area (Å²) in [6.45, 7) is 0. The van der Waals surface area contributed by atoms with Crippen molar-refractivity contribution < 1.29 is 27.4 Å². The van der Waals surface area contributed by atoms with Gasteiger partial charge in [0.25, 0.3) is 0 Å². The molecule has 0 saturated heterocycles. The van der Waals surface area contributed by atoms with Crippen molar-refractivity contribution in [2.45, 2.75) is 6.18 Å². The fourth-order valence-corrected chi connectivity index (χ4v) is 1.80. The van der Waals surface area contributed by atoms with E-state index in [1.807, 2.05) is 5.16 Å². The summed E-state index contributed by atoms with van der Waals surface area (Å²) in [5, 5.41) is 1.91. The van der Waals surface area contributed by atoms with Crippen LogP contribution in [0.5, 0.6) is 17.4 Å². The molecule has 0 N–H and O–H groups in total.